The zero-order valence-electron chi connectivity index (χ0n) is 10.8. The monoisotopic (exact) mass is 299 g/mol. The van der Waals surface area contributed by atoms with Crippen molar-refractivity contribution in [3.05, 3.63) is 64.7 Å². The fraction of sp³-hybridized carbons (Fsp3) is 0. The van der Waals surface area contributed by atoms with Gasteiger partial charge in [-0.1, -0.05) is 23.7 Å². The van der Waals surface area contributed by atoms with E-state index in [4.69, 9.17) is 26.7 Å². The Morgan fingerprint density at radius 2 is 1.90 bits per heavy atom. The van der Waals surface area contributed by atoms with Crippen LogP contribution in [0.2, 0.25) is 5.02 Å². The molecule has 21 heavy (non-hydrogen) atoms. The van der Waals surface area contributed by atoms with Crippen molar-refractivity contribution in [3.63, 3.8) is 0 Å². The molecule has 0 saturated carbocycles. The fourth-order valence-electron chi connectivity index (χ4n) is 1.62. The molecule has 0 heterocycles. The van der Waals surface area contributed by atoms with E-state index in [1.165, 1.54) is 6.08 Å². The summed E-state index contributed by atoms with van der Waals surface area (Å²) >= 11 is 5.79. The minimum Gasteiger partial charge on any atom is -0.477 e. The smallest absolute Gasteiger partial charge is 0.346 e. The molecule has 5 heteroatoms. The van der Waals surface area contributed by atoms with Crippen LogP contribution < -0.4 is 4.74 Å². The largest absolute Gasteiger partial charge is 0.477 e. The molecule has 0 radical (unpaired) electrons. The molecular formula is C16H10ClNO3. The second kappa shape index (κ2) is 6.60. The van der Waals surface area contributed by atoms with Gasteiger partial charge in [0.05, 0.1) is 0 Å². The lowest BCUT2D eigenvalue weighted by Crippen LogP contribution is -1.97. The molecular weight excluding hydrogens is 290 g/mol. The molecule has 0 aromatic heterocycles. The van der Waals surface area contributed by atoms with E-state index in [0.717, 1.165) is 0 Å². The zero-order chi connectivity index (χ0) is 15.2. The summed E-state index contributed by atoms with van der Waals surface area (Å²) in [5.74, 6) is -0.116. The van der Waals surface area contributed by atoms with Crippen LogP contribution in [-0.4, -0.2) is 11.1 Å². The third kappa shape index (κ3) is 4.10. The Balaban J connectivity index is 2.24. The maximum atomic E-state index is 10.8. The molecule has 0 unspecified atom stereocenters. The SMILES string of the molecule is N#C/C(=C\c1cccc(Oc2ccc(Cl)cc2)c1)C(=O)O. The van der Waals surface area contributed by atoms with Crippen molar-refractivity contribution in [3.8, 4) is 17.6 Å². The van der Waals surface area contributed by atoms with Crippen LogP contribution >= 0.6 is 11.6 Å². The number of carboxylic acid groups (broad SMARTS) is 1. The van der Waals surface area contributed by atoms with Gasteiger partial charge in [-0.25, -0.2) is 4.79 Å². The number of benzene rings is 2. The highest BCUT2D eigenvalue weighted by Gasteiger charge is 2.06. The Morgan fingerprint density at radius 3 is 2.52 bits per heavy atom. The lowest BCUT2D eigenvalue weighted by Gasteiger charge is -2.06. The number of rotatable bonds is 4. The van der Waals surface area contributed by atoms with Crippen LogP contribution in [-0.2, 0) is 4.79 Å². The van der Waals surface area contributed by atoms with Gasteiger partial charge in [0, 0.05) is 5.02 Å². The van der Waals surface area contributed by atoms with E-state index in [1.54, 1.807) is 54.6 Å². The van der Waals surface area contributed by atoms with Crippen LogP contribution in [0.15, 0.2) is 54.1 Å². The van der Waals surface area contributed by atoms with Crippen molar-refractivity contribution in [1.82, 2.24) is 0 Å². The lowest BCUT2D eigenvalue weighted by molar-refractivity contribution is -0.132. The average molecular weight is 300 g/mol. The summed E-state index contributed by atoms with van der Waals surface area (Å²) in [4.78, 5) is 10.8. The van der Waals surface area contributed by atoms with Crippen LogP contribution in [0.25, 0.3) is 6.08 Å². The molecule has 0 aliphatic rings. The first kappa shape index (κ1) is 14.6. The molecule has 0 aliphatic heterocycles. The van der Waals surface area contributed by atoms with Crippen molar-refractivity contribution in [2.75, 3.05) is 0 Å². The quantitative estimate of drug-likeness (QED) is 0.681. The van der Waals surface area contributed by atoms with Crippen molar-refractivity contribution in [2.45, 2.75) is 0 Å². The van der Waals surface area contributed by atoms with Gasteiger partial charge in [-0.2, -0.15) is 5.26 Å². The summed E-state index contributed by atoms with van der Waals surface area (Å²) < 4.78 is 5.63. The van der Waals surface area contributed by atoms with Gasteiger partial charge in [0.25, 0.3) is 0 Å². The number of ether oxygens (including phenoxy) is 1. The molecule has 2 rings (SSSR count). The first-order chi connectivity index (χ1) is 10.1. The van der Waals surface area contributed by atoms with Crippen LogP contribution in [0.4, 0.5) is 0 Å². The second-order valence-corrected chi connectivity index (χ2v) is 4.54. The third-order valence-corrected chi connectivity index (χ3v) is 2.82. The fourth-order valence-corrected chi connectivity index (χ4v) is 1.74. The van der Waals surface area contributed by atoms with Gasteiger partial charge in [-0.3, -0.25) is 0 Å². The van der Waals surface area contributed by atoms with E-state index >= 15 is 0 Å². The molecule has 0 fully saturated rings. The second-order valence-electron chi connectivity index (χ2n) is 4.10. The highest BCUT2D eigenvalue weighted by molar-refractivity contribution is 6.30. The number of halogens is 1. The van der Waals surface area contributed by atoms with Crippen LogP contribution in [0.1, 0.15) is 5.56 Å². The highest BCUT2D eigenvalue weighted by Crippen LogP contribution is 2.24. The van der Waals surface area contributed by atoms with Crippen LogP contribution in [0.3, 0.4) is 0 Å². The van der Waals surface area contributed by atoms with Gasteiger partial charge in [0.2, 0.25) is 0 Å². The van der Waals surface area contributed by atoms with Gasteiger partial charge < -0.3 is 9.84 Å². The molecule has 1 N–H and O–H groups in total. The van der Waals surface area contributed by atoms with Crippen molar-refractivity contribution < 1.29 is 14.6 Å². The first-order valence-electron chi connectivity index (χ1n) is 5.97. The van der Waals surface area contributed by atoms with Crippen LogP contribution in [0.5, 0.6) is 11.5 Å². The number of hydrogen-bond donors (Lipinski definition) is 1. The Kier molecular flexibility index (Phi) is 4.60. The molecule has 0 bridgehead atoms. The lowest BCUT2D eigenvalue weighted by atomic mass is 10.1. The summed E-state index contributed by atoms with van der Waals surface area (Å²) in [6, 6.07) is 15.3. The Hall–Kier alpha value is -2.77. The molecule has 0 spiro atoms. The van der Waals surface area contributed by atoms with Gasteiger partial charge in [-0.05, 0) is 48.0 Å². The van der Waals surface area contributed by atoms with Gasteiger partial charge in [0.15, 0.2) is 0 Å². The minimum atomic E-state index is -1.26. The number of nitriles is 1. The van der Waals surface area contributed by atoms with Gasteiger partial charge >= 0.3 is 5.97 Å². The predicted octanol–water partition coefficient (Wildman–Crippen LogP) is 4.12. The number of carbonyl (C=O) groups is 1. The van der Waals surface area contributed by atoms with E-state index in [1.807, 2.05) is 0 Å². The standard InChI is InChI=1S/C16H10ClNO3/c17-13-4-6-14(7-5-13)21-15-3-1-2-11(9-15)8-12(10-18)16(19)20/h1-9H,(H,19,20)/b12-8+. The van der Waals surface area contributed by atoms with E-state index in [-0.39, 0.29) is 5.57 Å². The molecule has 4 nitrogen and oxygen atoms in total. The van der Waals surface area contributed by atoms with Gasteiger partial charge in [0.1, 0.15) is 23.1 Å². The summed E-state index contributed by atoms with van der Waals surface area (Å²) in [6.45, 7) is 0. The molecule has 104 valence electrons. The number of carboxylic acids is 1. The molecule has 0 aliphatic carbocycles. The maximum absolute atomic E-state index is 10.8. The topological polar surface area (TPSA) is 70.3 Å². The third-order valence-electron chi connectivity index (χ3n) is 2.57. The molecule has 2 aromatic rings. The highest BCUT2D eigenvalue weighted by atomic mass is 35.5. The van der Waals surface area contributed by atoms with Crippen LogP contribution in [0, 0.1) is 11.3 Å². The maximum Gasteiger partial charge on any atom is 0.346 e. The summed E-state index contributed by atoms with van der Waals surface area (Å²) in [6.07, 6.45) is 1.29. The van der Waals surface area contributed by atoms with Crippen molar-refractivity contribution in [2.24, 2.45) is 0 Å². The normalized spacial score (nSPS) is 10.8. The molecule has 0 saturated heterocycles. The molecule has 2 aromatic carbocycles. The van der Waals surface area contributed by atoms with Crippen molar-refractivity contribution in [1.29, 1.82) is 5.26 Å². The Labute approximate surface area is 126 Å². The summed E-state index contributed by atoms with van der Waals surface area (Å²) in [7, 11) is 0. The van der Waals surface area contributed by atoms with E-state index in [0.29, 0.717) is 22.1 Å². The number of hydrogen-bond acceptors (Lipinski definition) is 3. The average Bonchev–Trinajstić information content (AvgIpc) is 2.47. The minimum absolute atomic E-state index is 0.335. The Morgan fingerprint density at radius 1 is 1.19 bits per heavy atom. The van der Waals surface area contributed by atoms with E-state index in [9.17, 15) is 4.79 Å². The molecule has 0 amide bonds. The zero-order valence-corrected chi connectivity index (χ0v) is 11.5. The van der Waals surface area contributed by atoms with Gasteiger partial charge in [-0.15, -0.1) is 0 Å². The van der Waals surface area contributed by atoms with E-state index < -0.39 is 5.97 Å². The summed E-state index contributed by atoms with van der Waals surface area (Å²) in [5.41, 5.74) is 0.235. The van der Waals surface area contributed by atoms with Crippen molar-refractivity contribution >= 4 is 23.6 Å². The Bertz CT molecular complexity index is 730. The van der Waals surface area contributed by atoms with E-state index in [2.05, 4.69) is 0 Å². The first-order valence-corrected chi connectivity index (χ1v) is 6.35. The predicted molar refractivity (Wildman–Crippen MR) is 79.2 cm³/mol. The number of nitrogens with zero attached hydrogens (tertiary/aromatic N) is 1. The number of aliphatic carboxylic acids is 1. The summed E-state index contributed by atoms with van der Waals surface area (Å²) in [5, 5.41) is 18.2. The molecule has 0 atom stereocenters.